The Hall–Kier alpha value is -2.66. The molecule has 0 radical (unpaired) electrons. The summed E-state index contributed by atoms with van der Waals surface area (Å²) in [5, 5.41) is 2.80. The van der Waals surface area contributed by atoms with Crippen LogP contribution in [-0.2, 0) is 11.2 Å². The summed E-state index contributed by atoms with van der Waals surface area (Å²) in [5.41, 5.74) is 9.02. The van der Waals surface area contributed by atoms with E-state index in [2.05, 4.69) is 10.3 Å². The molecule has 5 heteroatoms. The highest BCUT2D eigenvalue weighted by Gasteiger charge is 2.14. The van der Waals surface area contributed by atoms with Crippen LogP contribution in [0.1, 0.15) is 5.56 Å². The van der Waals surface area contributed by atoms with Crippen molar-refractivity contribution in [2.45, 2.75) is 12.5 Å². The van der Waals surface area contributed by atoms with Gasteiger partial charge in [0.2, 0.25) is 5.91 Å². The first-order chi connectivity index (χ1) is 10.2. The third-order valence-corrected chi connectivity index (χ3v) is 3.23. The minimum Gasteiger partial charge on any atom is -0.443 e. The summed E-state index contributed by atoms with van der Waals surface area (Å²) in [6.45, 7) is 0. The molecular formula is C16H15N3O2. The molecule has 0 saturated carbocycles. The fourth-order valence-electron chi connectivity index (χ4n) is 2.13. The molecule has 106 valence electrons. The molecule has 0 aliphatic heterocycles. The van der Waals surface area contributed by atoms with Crippen LogP contribution in [0.5, 0.6) is 0 Å². The van der Waals surface area contributed by atoms with Gasteiger partial charge in [0.15, 0.2) is 12.0 Å². The highest BCUT2D eigenvalue weighted by Crippen LogP contribution is 2.17. The summed E-state index contributed by atoms with van der Waals surface area (Å²) >= 11 is 0. The Morgan fingerprint density at radius 1 is 1.24 bits per heavy atom. The lowest BCUT2D eigenvalue weighted by Crippen LogP contribution is -2.37. The molecule has 0 saturated heterocycles. The van der Waals surface area contributed by atoms with E-state index in [0.717, 1.165) is 5.56 Å². The Morgan fingerprint density at radius 2 is 2.05 bits per heavy atom. The van der Waals surface area contributed by atoms with Crippen molar-refractivity contribution < 1.29 is 9.21 Å². The van der Waals surface area contributed by atoms with Crippen LogP contribution < -0.4 is 11.1 Å². The predicted octanol–water partition coefficient (Wildman–Crippen LogP) is 2.34. The Kier molecular flexibility index (Phi) is 3.66. The molecule has 21 heavy (non-hydrogen) atoms. The van der Waals surface area contributed by atoms with Crippen LogP contribution in [0.2, 0.25) is 0 Å². The van der Waals surface area contributed by atoms with Crippen molar-refractivity contribution in [1.29, 1.82) is 0 Å². The molecule has 2 aromatic carbocycles. The Bertz CT molecular complexity index is 752. The lowest BCUT2D eigenvalue weighted by atomic mass is 10.1. The first-order valence-electron chi connectivity index (χ1n) is 6.66. The number of nitrogens with one attached hydrogen (secondary N) is 1. The van der Waals surface area contributed by atoms with Gasteiger partial charge in [-0.1, -0.05) is 30.3 Å². The SMILES string of the molecule is N[C@H](Cc1ccccc1)C(=O)Nc1ccc2ocnc2c1. The number of benzene rings is 2. The number of hydrogen-bond donors (Lipinski definition) is 2. The molecule has 1 amide bonds. The molecular weight excluding hydrogens is 266 g/mol. The zero-order chi connectivity index (χ0) is 14.7. The van der Waals surface area contributed by atoms with Gasteiger partial charge in [0, 0.05) is 5.69 Å². The number of carbonyl (C=O) groups is 1. The third-order valence-electron chi connectivity index (χ3n) is 3.23. The van der Waals surface area contributed by atoms with Crippen molar-refractivity contribution in [2.24, 2.45) is 5.73 Å². The number of hydrogen-bond acceptors (Lipinski definition) is 4. The van der Waals surface area contributed by atoms with E-state index in [-0.39, 0.29) is 5.91 Å². The predicted molar refractivity (Wildman–Crippen MR) is 80.8 cm³/mol. The van der Waals surface area contributed by atoms with Crippen LogP contribution in [-0.4, -0.2) is 16.9 Å². The average Bonchev–Trinajstić information content (AvgIpc) is 2.95. The van der Waals surface area contributed by atoms with Gasteiger partial charge in [-0.15, -0.1) is 0 Å². The number of carbonyl (C=O) groups excluding carboxylic acids is 1. The zero-order valence-corrected chi connectivity index (χ0v) is 11.3. The molecule has 3 aromatic rings. The van der Waals surface area contributed by atoms with Gasteiger partial charge in [-0.2, -0.15) is 0 Å². The van der Waals surface area contributed by atoms with Crippen LogP contribution in [0.25, 0.3) is 11.1 Å². The van der Waals surface area contributed by atoms with E-state index in [1.54, 1.807) is 18.2 Å². The van der Waals surface area contributed by atoms with E-state index in [9.17, 15) is 4.79 Å². The Morgan fingerprint density at radius 3 is 2.86 bits per heavy atom. The monoisotopic (exact) mass is 281 g/mol. The second kappa shape index (κ2) is 5.76. The Balaban J connectivity index is 1.67. The van der Waals surface area contributed by atoms with Gasteiger partial charge in [-0.3, -0.25) is 4.79 Å². The third kappa shape index (κ3) is 3.09. The maximum atomic E-state index is 12.1. The maximum absolute atomic E-state index is 12.1. The zero-order valence-electron chi connectivity index (χ0n) is 11.3. The van der Waals surface area contributed by atoms with E-state index < -0.39 is 6.04 Å². The summed E-state index contributed by atoms with van der Waals surface area (Å²) < 4.78 is 5.16. The largest absolute Gasteiger partial charge is 0.443 e. The number of rotatable bonds is 4. The van der Waals surface area contributed by atoms with Gasteiger partial charge in [-0.25, -0.2) is 4.98 Å². The summed E-state index contributed by atoms with van der Waals surface area (Å²) in [7, 11) is 0. The van der Waals surface area contributed by atoms with Crippen LogP contribution in [0.15, 0.2) is 59.3 Å². The number of aromatic nitrogens is 1. The molecule has 5 nitrogen and oxygen atoms in total. The van der Waals surface area contributed by atoms with Crippen molar-refractivity contribution in [3.63, 3.8) is 0 Å². The van der Waals surface area contributed by atoms with Crippen LogP contribution in [0, 0.1) is 0 Å². The highest BCUT2D eigenvalue weighted by molar-refractivity contribution is 5.96. The van der Waals surface area contributed by atoms with Gasteiger partial charge in [0.1, 0.15) is 5.52 Å². The lowest BCUT2D eigenvalue weighted by Gasteiger charge is -2.12. The van der Waals surface area contributed by atoms with Crippen molar-refractivity contribution in [2.75, 3.05) is 5.32 Å². The molecule has 0 bridgehead atoms. The maximum Gasteiger partial charge on any atom is 0.241 e. The highest BCUT2D eigenvalue weighted by atomic mass is 16.3. The van der Waals surface area contributed by atoms with Crippen molar-refractivity contribution in [1.82, 2.24) is 4.98 Å². The molecule has 0 unspecified atom stereocenters. The van der Waals surface area contributed by atoms with Gasteiger partial charge in [0.05, 0.1) is 6.04 Å². The molecule has 3 N–H and O–H groups in total. The molecule has 0 aliphatic carbocycles. The second-order valence-corrected chi connectivity index (χ2v) is 4.82. The van der Waals surface area contributed by atoms with Crippen molar-refractivity contribution >= 4 is 22.7 Å². The summed E-state index contributed by atoms with van der Waals surface area (Å²) in [6, 6.07) is 14.4. The number of nitrogens with zero attached hydrogens (tertiary/aromatic N) is 1. The fraction of sp³-hybridized carbons (Fsp3) is 0.125. The smallest absolute Gasteiger partial charge is 0.241 e. The molecule has 1 heterocycles. The molecule has 3 rings (SSSR count). The van der Waals surface area contributed by atoms with Crippen molar-refractivity contribution in [3.8, 4) is 0 Å². The Labute approximate surface area is 121 Å². The topological polar surface area (TPSA) is 81.2 Å². The van der Waals surface area contributed by atoms with E-state index in [4.69, 9.17) is 10.2 Å². The van der Waals surface area contributed by atoms with Crippen LogP contribution in [0.3, 0.4) is 0 Å². The molecule has 0 spiro atoms. The molecule has 1 atom stereocenters. The number of nitrogens with two attached hydrogens (primary N) is 1. The summed E-state index contributed by atoms with van der Waals surface area (Å²) in [4.78, 5) is 16.2. The van der Waals surface area contributed by atoms with Crippen LogP contribution in [0.4, 0.5) is 5.69 Å². The van der Waals surface area contributed by atoms with E-state index in [1.165, 1.54) is 6.39 Å². The van der Waals surface area contributed by atoms with Crippen molar-refractivity contribution in [3.05, 3.63) is 60.5 Å². The van der Waals surface area contributed by atoms with E-state index in [0.29, 0.717) is 23.2 Å². The number of fused-ring (bicyclic) bond motifs is 1. The van der Waals surface area contributed by atoms with Gasteiger partial charge in [0.25, 0.3) is 0 Å². The normalized spacial score (nSPS) is 12.2. The minimum absolute atomic E-state index is 0.221. The quantitative estimate of drug-likeness (QED) is 0.769. The van der Waals surface area contributed by atoms with Crippen LogP contribution >= 0.6 is 0 Å². The van der Waals surface area contributed by atoms with Gasteiger partial charge in [-0.05, 0) is 30.2 Å². The van der Waals surface area contributed by atoms with E-state index in [1.807, 2.05) is 30.3 Å². The molecule has 0 fully saturated rings. The first-order valence-corrected chi connectivity index (χ1v) is 6.66. The van der Waals surface area contributed by atoms with E-state index >= 15 is 0 Å². The summed E-state index contributed by atoms with van der Waals surface area (Å²) in [5.74, 6) is -0.221. The average molecular weight is 281 g/mol. The summed E-state index contributed by atoms with van der Waals surface area (Å²) in [6.07, 6.45) is 1.87. The second-order valence-electron chi connectivity index (χ2n) is 4.82. The number of oxazole rings is 1. The fourth-order valence-corrected chi connectivity index (χ4v) is 2.13. The van der Waals surface area contributed by atoms with Gasteiger partial charge < -0.3 is 15.5 Å². The lowest BCUT2D eigenvalue weighted by molar-refractivity contribution is -0.117. The number of amides is 1. The first kappa shape index (κ1) is 13.3. The van der Waals surface area contributed by atoms with Gasteiger partial charge >= 0.3 is 0 Å². The molecule has 0 aliphatic rings. The standard InChI is InChI=1S/C16H15N3O2/c17-13(8-11-4-2-1-3-5-11)16(20)19-12-6-7-15-14(9-12)18-10-21-15/h1-7,9-10,13H,8,17H2,(H,19,20)/t13-/m1/s1. The number of anilines is 1. The minimum atomic E-state index is -0.597. The molecule has 1 aromatic heterocycles.